The molecule has 0 aliphatic carbocycles. The second kappa shape index (κ2) is 9.51. The first-order valence-corrected chi connectivity index (χ1v) is 9.49. The van der Waals surface area contributed by atoms with E-state index in [-0.39, 0.29) is 17.9 Å². The second-order valence-electron chi connectivity index (χ2n) is 6.69. The average Bonchev–Trinajstić information content (AvgIpc) is 2.71. The number of carbonyl (C=O) groups excluding carboxylic acids is 1. The van der Waals surface area contributed by atoms with Crippen LogP contribution in [0, 0.1) is 0 Å². The summed E-state index contributed by atoms with van der Waals surface area (Å²) in [6.07, 6.45) is 0.795. The van der Waals surface area contributed by atoms with Gasteiger partial charge in [-0.15, -0.1) is 0 Å². The second-order valence-corrected chi connectivity index (χ2v) is 6.69. The predicted molar refractivity (Wildman–Crippen MR) is 104 cm³/mol. The number of hydrogen-bond donors (Lipinski definition) is 1. The average molecular weight is 352 g/mol. The van der Waals surface area contributed by atoms with E-state index < -0.39 is 0 Å². The fraction of sp³-hybridized carbons (Fsp3) is 0.409. The standard InChI is InChI=1S/C22H28N2O2/c1-2-20(18-9-5-3-6-10-18)22(25)23-17-21(19-11-7-4-8-12-19)24-13-15-26-16-14-24/h3-12,20-21H,2,13-17H2,1H3,(H,23,25). The molecule has 3 rings (SSSR count). The number of nitrogens with zero attached hydrogens (tertiary/aromatic N) is 1. The molecular formula is C22H28N2O2. The van der Waals surface area contributed by atoms with E-state index in [1.54, 1.807) is 0 Å². The Balaban J connectivity index is 1.69. The predicted octanol–water partition coefficient (Wildman–Crippen LogP) is 3.37. The Labute approximate surface area is 156 Å². The van der Waals surface area contributed by atoms with Crippen molar-refractivity contribution < 1.29 is 9.53 Å². The molecule has 1 saturated heterocycles. The molecule has 4 nitrogen and oxygen atoms in total. The molecule has 1 aliphatic heterocycles. The summed E-state index contributed by atoms with van der Waals surface area (Å²) in [6, 6.07) is 20.6. The molecule has 26 heavy (non-hydrogen) atoms. The highest BCUT2D eigenvalue weighted by Crippen LogP contribution is 2.23. The molecule has 0 saturated carbocycles. The van der Waals surface area contributed by atoms with Gasteiger partial charge in [-0.05, 0) is 17.5 Å². The van der Waals surface area contributed by atoms with Gasteiger partial charge in [0.1, 0.15) is 0 Å². The van der Waals surface area contributed by atoms with E-state index in [0.29, 0.717) is 6.54 Å². The monoisotopic (exact) mass is 352 g/mol. The van der Waals surface area contributed by atoms with Crippen LogP contribution >= 0.6 is 0 Å². The molecule has 1 heterocycles. The van der Waals surface area contributed by atoms with Crippen molar-refractivity contribution in [2.45, 2.75) is 25.3 Å². The third kappa shape index (κ3) is 4.71. The van der Waals surface area contributed by atoms with Crippen LogP contribution in [-0.2, 0) is 9.53 Å². The molecule has 138 valence electrons. The molecule has 1 fully saturated rings. The van der Waals surface area contributed by atoms with Gasteiger partial charge in [0.05, 0.1) is 25.2 Å². The van der Waals surface area contributed by atoms with Crippen molar-refractivity contribution in [1.82, 2.24) is 10.2 Å². The molecule has 0 aromatic heterocycles. The Bertz CT molecular complexity index is 669. The van der Waals surface area contributed by atoms with Crippen LogP contribution in [0.25, 0.3) is 0 Å². The van der Waals surface area contributed by atoms with Crippen molar-refractivity contribution in [3.05, 3.63) is 71.8 Å². The van der Waals surface area contributed by atoms with Crippen molar-refractivity contribution in [1.29, 1.82) is 0 Å². The third-order valence-corrected chi connectivity index (χ3v) is 5.07. The zero-order valence-corrected chi connectivity index (χ0v) is 15.4. The zero-order valence-electron chi connectivity index (χ0n) is 15.4. The van der Waals surface area contributed by atoms with Crippen molar-refractivity contribution in [2.75, 3.05) is 32.8 Å². The summed E-state index contributed by atoms with van der Waals surface area (Å²) in [7, 11) is 0. The Kier molecular flexibility index (Phi) is 6.81. The topological polar surface area (TPSA) is 41.6 Å². The van der Waals surface area contributed by atoms with Crippen LogP contribution in [0.5, 0.6) is 0 Å². The molecule has 2 aromatic carbocycles. The van der Waals surface area contributed by atoms with E-state index in [4.69, 9.17) is 4.74 Å². The summed E-state index contributed by atoms with van der Waals surface area (Å²) in [4.78, 5) is 15.2. The molecule has 2 aromatic rings. The highest BCUT2D eigenvalue weighted by molar-refractivity contribution is 5.83. The van der Waals surface area contributed by atoms with Gasteiger partial charge < -0.3 is 10.1 Å². The smallest absolute Gasteiger partial charge is 0.227 e. The van der Waals surface area contributed by atoms with E-state index in [9.17, 15) is 4.79 Å². The van der Waals surface area contributed by atoms with Gasteiger partial charge in [-0.3, -0.25) is 9.69 Å². The molecule has 0 spiro atoms. The van der Waals surface area contributed by atoms with Crippen LogP contribution in [0.15, 0.2) is 60.7 Å². The maximum absolute atomic E-state index is 12.8. The van der Waals surface area contributed by atoms with Crippen LogP contribution in [0.2, 0.25) is 0 Å². The Hall–Kier alpha value is -2.17. The molecule has 4 heteroatoms. The highest BCUT2D eigenvalue weighted by Gasteiger charge is 2.25. The number of benzene rings is 2. The van der Waals surface area contributed by atoms with Crippen LogP contribution in [-0.4, -0.2) is 43.7 Å². The lowest BCUT2D eigenvalue weighted by atomic mass is 9.95. The Morgan fingerprint density at radius 2 is 1.58 bits per heavy atom. The fourth-order valence-corrected chi connectivity index (χ4v) is 3.60. The summed E-state index contributed by atoms with van der Waals surface area (Å²) >= 11 is 0. The minimum atomic E-state index is -0.0997. The molecule has 1 aliphatic rings. The largest absolute Gasteiger partial charge is 0.379 e. The van der Waals surface area contributed by atoms with E-state index in [2.05, 4.69) is 41.4 Å². The summed E-state index contributed by atoms with van der Waals surface area (Å²) in [5.41, 5.74) is 2.32. The van der Waals surface area contributed by atoms with Crippen LogP contribution < -0.4 is 5.32 Å². The number of amides is 1. The van der Waals surface area contributed by atoms with Crippen molar-refractivity contribution in [3.8, 4) is 0 Å². The van der Waals surface area contributed by atoms with Crippen molar-refractivity contribution >= 4 is 5.91 Å². The zero-order chi connectivity index (χ0) is 18.2. The first-order valence-electron chi connectivity index (χ1n) is 9.49. The number of rotatable bonds is 7. The molecule has 2 unspecified atom stereocenters. The quantitative estimate of drug-likeness (QED) is 0.831. The molecule has 0 radical (unpaired) electrons. The van der Waals surface area contributed by atoms with E-state index in [0.717, 1.165) is 38.3 Å². The van der Waals surface area contributed by atoms with Gasteiger partial charge in [-0.25, -0.2) is 0 Å². The molecule has 2 atom stereocenters. The molecule has 1 N–H and O–H groups in total. The molecular weight excluding hydrogens is 324 g/mol. The lowest BCUT2D eigenvalue weighted by Gasteiger charge is -2.35. The summed E-state index contributed by atoms with van der Waals surface area (Å²) < 4.78 is 5.50. The van der Waals surface area contributed by atoms with Crippen LogP contribution in [0.1, 0.15) is 36.4 Å². The van der Waals surface area contributed by atoms with Crippen LogP contribution in [0.3, 0.4) is 0 Å². The van der Waals surface area contributed by atoms with E-state index in [1.165, 1.54) is 5.56 Å². The van der Waals surface area contributed by atoms with Gasteiger partial charge in [0.15, 0.2) is 0 Å². The number of nitrogens with one attached hydrogen (secondary N) is 1. The minimum Gasteiger partial charge on any atom is -0.379 e. The molecule has 0 bridgehead atoms. The van der Waals surface area contributed by atoms with E-state index >= 15 is 0 Å². The van der Waals surface area contributed by atoms with E-state index in [1.807, 2.05) is 36.4 Å². The van der Waals surface area contributed by atoms with Gasteiger partial charge in [0.25, 0.3) is 0 Å². The number of morpholine rings is 1. The normalized spacial score (nSPS) is 17.4. The van der Waals surface area contributed by atoms with Gasteiger partial charge in [0.2, 0.25) is 5.91 Å². The summed E-state index contributed by atoms with van der Waals surface area (Å²) in [6.45, 7) is 5.97. The SMILES string of the molecule is CCC(C(=O)NCC(c1ccccc1)N1CCOCC1)c1ccccc1. The maximum Gasteiger partial charge on any atom is 0.227 e. The van der Waals surface area contributed by atoms with Crippen molar-refractivity contribution in [3.63, 3.8) is 0 Å². The van der Waals surface area contributed by atoms with Crippen molar-refractivity contribution in [2.24, 2.45) is 0 Å². The van der Waals surface area contributed by atoms with Crippen LogP contribution in [0.4, 0.5) is 0 Å². The highest BCUT2D eigenvalue weighted by atomic mass is 16.5. The maximum atomic E-state index is 12.8. The Morgan fingerprint density at radius 3 is 2.15 bits per heavy atom. The Morgan fingerprint density at radius 1 is 1.00 bits per heavy atom. The summed E-state index contributed by atoms with van der Waals surface area (Å²) in [5.74, 6) is 0.00482. The number of ether oxygens (including phenoxy) is 1. The number of carbonyl (C=O) groups is 1. The summed E-state index contributed by atoms with van der Waals surface area (Å²) in [5, 5.41) is 3.21. The first kappa shape index (κ1) is 18.6. The van der Waals surface area contributed by atoms with Gasteiger partial charge in [-0.1, -0.05) is 67.6 Å². The van der Waals surface area contributed by atoms with Gasteiger partial charge in [0, 0.05) is 19.6 Å². The van der Waals surface area contributed by atoms with Gasteiger partial charge >= 0.3 is 0 Å². The first-order chi connectivity index (χ1) is 12.8. The molecule has 1 amide bonds. The third-order valence-electron chi connectivity index (χ3n) is 5.07. The van der Waals surface area contributed by atoms with Gasteiger partial charge in [-0.2, -0.15) is 0 Å². The number of hydrogen-bond acceptors (Lipinski definition) is 3. The fourth-order valence-electron chi connectivity index (χ4n) is 3.60. The lowest BCUT2D eigenvalue weighted by Crippen LogP contribution is -2.44. The lowest BCUT2D eigenvalue weighted by molar-refractivity contribution is -0.123. The minimum absolute atomic E-state index is 0.0997.